The van der Waals surface area contributed by atoms with Crippen molar-refractivity contribution < 1.29 is 9.18 Å². The number of rotatable bonds is 3. The molecule has 22 heavy (non-hydrogen) atoms. The van der Waals surface area contributed by atoms with Crippen LogP contribution in [0, 0.1) is 5.82 Å². The molecule has 0 radical (unpaired) electrons. The summed E-state index contributed by atoms with van der Waals surface area (Å²) in [7, 11) is 0. The predicted octanol–water partition coefficient (Wildman–Crippen LogP) is 3.22. The molecule has 0 N–H and O–H groups in total. The van der Waals surface area contributed by atoms with Gasteiger partial charge in [-0.2, -0.15) is 0 Å². The molecule has 0 bridgehead atoms. The lowest BCUT2D eigenvalue weighted by molar-refractivity contribution is -0.130. The maximum Gasteiger partial charge on any atom is 0.219 e. The van der Waals surface area contributed by atoms with E-state index in [1.54, 1.807) is 30.4 Å². The molecule has 5 heteroatoms. The first kappa shape index (κ1) is 15.2. The van der Waals surface area contributed by atoms with Crippen molar-refractivity contribution in [3.63, 3.8) is 0 Å². The lowest BCUT2D eigenvalue weighted by Gasteiger charge is -2.33. The summed E-state index contributed by atoms with van der Waals surface area (Å²) in [5, 5.41) is 0. The van der Waals surface area contributed by atoms with Gasteiger partial charge in [0.15, 0.2) is 0 Å². The molecule has 1 aromatic carbocycles. The van der Waals surface area contributed by atoms with Crippen molar-refractivity contribution in [1.29, 1.82) is 0 Å². The van der Waals surface area contributed by atoms with E-state index >= 15 is 0 Å². The number of thiophene rings is 1. The Labute approximate surface area is 134 Å². The summed E-state index contributed by atoms with van der Waals surface area (Å²) in [6.07, 6.45) is 0. The summed E-state index contributed by atoms with van der Waals surface area (Å²) in [6, 6.07) is 10.9. The van der Waals surface area contributed by atoms with Crippen molar-refractivity contribution >= 4 is 17.2 Å². The number of carbonyl (C=O) groups excluding carboxylic acids is 1. The van der Waals surface area contributed by atoms with Gasteiger partial charge in [-0.15, -0.1) is 11.3 Å². The standard InChI is InChI=1S/C17H19FN2OS/c1-13(21)20-9-7-19(8-10-20)12-16-5-6-17(22-16)14-3-2-4-15(18)11-14/h2-6,11H,7-10,12H2,1H3. The Bertz CT molecular complexity index is 662. The summed E-state index contributed by atoms with van der Waals surface area (Å²) in [4.78, 5) is 18.0. The monoisotopic (exact) mass is 318 g/mol. The van der Waals surface area contributed by atoms with Crippen LogP contribution in [0.1, 0.15) is 11.8 Å². The second-order valence-corrected chi connectivity index (χ2v) is 6.73. The number of halogens is 1. The molecule has 1 aliphatic rings. The normalized spacial score (nSPS) is 16.0. The number of amides is 1. The molecule has 0 saturated carbocycles. The van der Waals surface area contributed by atoms with Crippen molar-refractivity contribution in [2.45, 2.75) is 13.5 Å². The summed E-state index contributed by atoms with van der Waals surface area (Å²) >= 11 is 1.71. The number of benzene rings is 1. The Morgan fingerprint density at radius 1 is 1.18 bits per heavy atom. The highest BCUT2D eigenvalue weighted by Crippen LogP contribution is 2.29. The quantitative estimate of drug-likeness (QED) is 0.867. The van der Waals surface area contributed by atoms with Gasteiger partial charge in [-0.05, 0) is 29.8 Å². The first-order valence-corrected chi connectivity index (χ1v) is 8.26. The van der Waals surface area contributed by atoms with E-state index in [1.807, 2.05) is 11.0 Å². The van der Waals surface area contributed by atoms with Crippen LogP contribution in [0.25, 0.3) is 10.4 Å². The van der Waals surface area contributed by atoms with Crippen molar-refractivity contribution in [2.24, 2.45) is 0 Å². The van der Waals surface area contributed by atoms with Gasteiger partial charge in [0, 0.05) is 49.4 Å². The highest BCUT2D eigenvalue weighted by atomic mass is 32.1. The van der Waals surface area contributed by atoms with Crippen LogP contribution in [-0.4, -0.2) is 41.9 Å². The Morgan fingerprint density at radius 3 is 2.64 bits per heavy atom. The molecule has 1 amide bonds. The summed E-state index contributed by atoms with van der Waals surface area (Å²) in [5.41, 5.74) is 0.928. The molecule has 0 aliphatic carbocycles. The molecule has 2 aromatic rings. The van der Waals surface area contributed by atoms with Gasteiger partial charge < -0.3 is 4.90 Å². The number of hydrogen-bond acceptors (Lipinski definition) is 3. The van der Waals surface area contributed by atoms with E-state index in [0.29, 0.717) is 0 Å². The van der Waals surface area contributed by atoms with E-state index in [-0.39, 0.29) is 11.7 Å². The van der Waals surface area contributed by atoms with Gasteiger partial charge in [-0.1, -0.05) is 12.1 Å². The third kappa shape index (κ3) is 3.54. The fourth-order valence-corrected chi connectivity index (χ4v) is 3.75. The average Bonchev–Trinajstić information content (AvgIpc) is 2.96. The Kier molecular flexibility index (Phi) is 4.55. The van der Waals surface area contributed by atoms with E-state index in [9.17, 15) is 9.18 Å². The SMILES string of the molecule is CC(=O)N1CCN(Cc2ccc(-c3cccc(F)c3)s2)CC1. The molecular weight excluding hydrogens is 299 g/mol. The van der Waals surface area contributed by atoms with Gasteiger partial charge in [0.25, 0.3) is 0 Å². The fourth-order valence-electron chi connectivity index (χ4n) is 2.70. The predicted molar refractivity (Wildman–Crippen MR) is 87.2 cm³/mol. The molecule has 1 aliphatic heterocycles. The first-order valence-electron chi connectivity index (χ1n) is 7.44. The average molecular weight is 318 g/mol. The van der Waals surface area contributed by atoms with E-state index in [0.717, 1.165) is 43.2 Å². The van der Waals surface area contributed by atoms with Crippen LogP contribution in [0.4, 0.5) is 4.39 Å². The number of nitrogens with zero attached hydrogens (tertiary/aromatic N) is 2. The number of carbonyl (C=O) groups is 1. The molecule has 116 valence electrons. The second-order valence-electron chi connectivity index (χ2n) is 5.56. The van der Waals surface area contributed by atoms with E-state index in [1.165, 1.54) is 10.9 Å². The molecule has 0 unspecified atom stereocenters. The molecule has 0 spiro atoms. The second kappa shape index (κ2) is 6.58. The van der Waals surface area contributed by atoms with Gasteiger partial charge >= 0.3 is 0 Å². The molecule has 3 nitrogen and oxygen atoms in total. The highest BCUT2D eigenvalue weighted by Gasteiger charge is 2.19. The number of piperazine rings is 1. The van der Waals surface area contributed by atoms with Crippen molar-refractivity contribution in [2.75, 3.05) is 26.2 Å². The van der Waals surface area contributed by atoms with Gasteiger partial charge in [0.05, 0.1) is 0 Å². The summed E-state index contributed by atoms with van der Waals surface area (Å²) in [6.45, 7) is 5.94. The van der Waals surface area contributed by atoms with Crippen LogP contribution in [0.2, 0.25) is 0 Å². The van der Waals surface area contributed by atoms with Crippen LogP contribution in [0.15, 0.2) is 36.4 Å². The summed E-state index contributed by atoms with van der Waals surface area (Å²) in [5.74, 6) is -0.0445. The lowest BCUT2D eigenvalue weighted by Crippen LogP contribution is -2.47. The summed E-state index contributed by atoms with van der Waals surface area (Å²) < 4.78 is 13.3. The van der Waals surface area contributed by atoms with Gasteiger partial charge in [-0.25, -0.2) is 4.39 Å². The minimum atomic E-state index is -0.201. The van der Waals surface area contributed by atoms with Crippen molar-refractivity contribution in [3.05, 3.63) is 47.1 Å². The Balaban J connectivity index is 1.62. The first-order chi connectivity index (χ1) is 10.6. The molecule has 0 atom stereocenters. The van der Waals surface area contributed by atoms with E-state index < -0.39 is 0 Å². The third-order valence-electron chi connectivity index (χ3n) is 3.97. The molecule has 1 aromatic heterocycles. The van der Waals surface area contributed by atoms with E-state index in [4.69, 9.17) is 0 Å². The number of hydrogen-bond donors (Lipinski definition) is 0. The maximum atomic E-state index is 13.3. The van der Waals surface area contributed by atoms with Crippen LogP contribution in [-0.2, 0) is 11.3 Å². The van der Waals surface area contributed by atoms with Gasteiger partial charge in [0.2, 0.25) is 5.91 Å². The van der Waals surface area contributed by atoms with Crippen LogP contribution in [0.3, 0.4) is 0 Å². The molecule has 3 rings (SSSR count). The van der Waals surface area contributed by atoms with Gasteiger partial charge in [-0.3, -0.25) is 9.69 Å². The molecule has 1 saturated heterocycles. The van der Waals surface area contributed by atoms with Crippen LogP contribution >= 0.6 is 11.3 Å². The fraction of sp³-hybridized carbons (Fsp3) is 0.353. The Morgan fingerprint density at radius 2 is 1.95 bits per heavy atom. The zero-order valence-corrected chi connectivity index (χ0v) is 13.4. The minimum absolute atomic E-state index is 0.157. The van der Waals surface area contributed by atoms with Gasteiger partial charge in [0.1, 0.15) is 5.82 Å². The third-order valence-corrected chi connectivity index (χ3v) is 5.09. The lowest BCUT2D eigenvalue weighted by atomic mass is 10.2. The van der Waals surface area contributed by atoms with Crippen molar-refractivity contribution in [1.82, 2.24) is 9.80 Å². The minimum Gasteiger partial charge on any atom is -0.340 e. The maximum absolute atomic E-state index is 13.3. The zero-order valence-electron chi connectivity index (χ0n) is 12.6. The van der Waals surface area contributed by atoms with Crippen LogP contribution in [0.5, 0.6) is 0 Å². The molecule has 1 fully saturated rings. The zero-order chi connectivity index (χ0) is 15.5. The molecule has 2 heterocycles. The smallest absolute Gasteiger partial charge is 0.219 e. The van der Waals surface area contributed by atoms with E-state index in [2.05, 4.69) is 17.0 Å². The van der Waals surface area contributed by atoms with Crippen LogP contribution < -0.4 is 0 Å². The Hall–Kier alpha value is -1.72. The highest BCUT2D eigenvalue weighted by molar-refractivity contribution is 7.15. The molecular formula is C17H19FN2OS. The van der Waals surface area contributed by atoms with Crippen molar-refractivity contribution in [3.8, 4) is 10.4 Å². The largest absolute Gasteiger partial charge is 0.340 e. The topological polar surface area (TPSA) is 23.6 Å².